The Balaban J connectivity index is 2.31. The normalized spacial score (nSPS) is 12.5. The summed E-state index contributed by atoms with van der Waals surface area (Å²) in [5.41, 5.74) is 2.21. The van der Waals surface area contributed by atoms with E-state index in [1.54, 1.807) is 38.1 Å². The summed E-state index contributed by atoms with van der Waals surface area (Å²) in [6.07, 6.45) is 0.261. The molecule has 0 saturated heterocycles. The first-order valence-corrected chi connectivity index (χ1v) is 7.05. The largest absolute Gasteiger partial charge is 0.207 e. The second-order valence-corrected chi connectivity index (χ2v) is 5.77. The lowest BCUT2D eigenvalue weighted by molar-refractivity contribution is 0.603. The maximum Gasteiger partial charge on any atom is 0.129 e. The summed E-state index contributed by atoms with van der Waals surface area (Å²) in [7, 11) is 0. The van der Waals surface area contributed by atoms with Crippen molar-refractivity contribution in [2.75, 3.05) is 0 Å². The molecule has 0 heterocycles. The van der Waals surface area contributed by atoms with Gasteiger partial charge in [0.1, 0.15) is 11.6 Å². The molecule has 0 saturated carbocycles. The lowest BCUT2D eigenvalue weighted by atomic mass is 9.99. The Bertz CT molecular complexity index is 595. The van der Waals surface area contributed by atoms with Gasteiger partial charge in [-0.2, -0.15) is 0 Å². The Kier molecular flexibility index (Phi) is 4.66. The van der Waals surface area contributed by atoms with E-state index >= 15 is 0 Å². The fourth-order valence-electron chi connectivity index (χ4n) is 2.18. The van der Waals surface area contributed by atoms with E-state index in [1.165, 1.54) is 6.07 Å². The fraction of sp³-hybridized carbons (Fsp3) is 0.250. The van der Waals surface area contributed by atoms with Gasteiger partial charge in [-0.3, -0.25) is 0 Å². The maximum atomic E-state index is 13.7. The zero-order valence-electron chi connectivity index (χ0n) is 11.2. The first kappa shape index (κ1) is 15.3. The van der Waals surface area contributed by atoms with Crippen LogP contribution in [0.3, 0.4) is 0 Å². The van der Waals surface area contributed by atoms with Crippen LogP contribution in [-0.2, 0) is 6.42 Å². The molecule has 0 radical (unpaired) electrons. The fourth-order valence-corrected chi connectivity index (χ4v) is 2.71. The SMILES string of the molecule is Cc1cc(C(Cl)Cc2c(F)cccc2Cl)cc(C)c1F. The van der Waals surface area contributed by atoms with Gasteiger partial charge in [0.2, 0.25) is 0 Å². The van der Waals surface area contributed by atoms with Gasteiger partial charge in [-0.1, -0.05) is 29.8 Å². The number of rotatable bonds is 3. The Labute approximate surface area is 127 Å². The molecule has 0 aliphatic rings. The first-order valence-electron chi connectivity index (χ1n) is 6.23. The third-order valence-corrected chi connectivity index (χ3v) is 4.03. The highest BCUT2D eigenvalue weighted by atomic mass is 35.5. The van der Waals surface area contributed by atoms with Crippen molar-refractivity contribution in [2.45, 2.75) is 25.6 Å². The average molecular weight is 315 g/mol. The zero-order valence-corrected chi connectivity index (χ0v) is 12.7. The van der Waals surface area contributed by atoms with Crippen molar-refractivity contribution in [2.24, 2.45) is 0 Å². The number of aryl methyl sites for hydroxylation is 2. The van der Waals surface area contributed by atoms with Gasteiger partial charge in [-0.05, 0) is 49.1 Å². The predicted molar refractivity (Wildman–Crippen MR) is 79.6 cm³/mol. The van der Waals surface area contributed by atoms with Gasteiger partial charge in [0.05, 0.1) is 5.38 Å². The third-order valence-electron chi connectivity index (χ3n) is 3.27. The van der Waals surface area contributed by atoms with Crippen LogP contribution in [0.25, 0.3) is 0 Å². The average Bonchev–Trinajstić information content (AvgIpc) is 2.39. The van der Waals surface area contributed by atoms with Gasteiger partial charge in [0.15, 0.2) is 0 Å². The van der Waals surface area contributed by atoms with Gasteiger partial charge >= 0.3 is 0 Å². The summed E-state index contributed by atoms with van der Waals surface area (Å²) in [5.74, 6) is -0.611. The van der Waals surface area contributed by atoms with Crippen LogP contribution in [-0.4, -0.2) is 0 Å². The molecule has 0 spiro atoms. The molecule has 0 aromatic heterocycles. The van der Waals surface area contributed by atoms with Crippen LogP contribution in [0.5, 0.6) is 0 Å². The van der Waals surface area contributed by atoms with Crippen LogP contribution in [0.15, 0.2) is 30.3 Å². The quantitative estimate of drug-likeness (QED) is 0.632. The zero-order chi connectivity index (χ0) is 14.9. The van der Waals surface area contributed by atoms with E-state index in [1.807, 2.05) is 0 Å². The summed E-state index contributed by atoms with van der Waals surface area (Å²) in [5, 5.41) is -0.103. The van der Waals surface area contributed by atoms with Gasteiger partial charge in [-0.25, -0.2) is 8.78 Å². The van der Waals surface area contributed by atoms with E-state index in [0.29, 0.717) is 21.7 Å². The monoisotopic (exact) mass is 314 g/mol. The molecule has 2 aromatic rings. The van der Waals surface area contributed by atoms with Crippen molar-refractivity contribution in [3.05, 3.63) is 69.2 Å². The number of benzene rings is 2. The van der Waals surface area contributed by atoms with Crippen LogP contribution >= 0.6 is 23.2 Å². The van der Waals surface area contributed by atoms with Gasteiger partial charge in [-0.15, -0.1) is 11.6 Å². The van der Waals surface area contributed by atoms with E-state index < -0.39 is 5.38 Å². The molecule has 2 rings (SSSR count). The predicted octanol–water partition coefficient (Wildman–Crippen LogP) is 5.76. The second kappa shape index (κ2) is 6.11. The molecule has 0 aliphatic heterocycles. The summed E-state index contributed by atoms with van der Waals surface area (Å²) in [6.45, 7) is 3.37. The Hall–Kier alpha value is -1.12. The molecule has 0 aliphatic carbocycles. The molecule has 1 unspecified atom stereocenters. The standard InChI is InChI=1S/C16H14Cl2F2/c1-9-6-11(7-10(2)16(9)20)14(18)8-12-13(17)4-3-5-15(12)19/h3-7,14H,8H2,1-2H3. The van der Waals surface area contributed by atoms with Crippen molar-refractivity contribution < 1.29 is 8.78 Å². The van der Waals surface area contributed by atoms with E-state index in [-0.39, 0.29) is 18.1 Å². The minimum atomic E-state index is -0.456. The first-order chi connectivity index (χ1) is 9.40. The smallest absolute Gasteiger partial charge is 0.129 e. The molecule has 4 heteroatoms. The molecule has 0 fully saturated rings. The van der Waals surface area contributed by atoms with Crippen molar-refractivity contribution in [3.8, 4) is 0 Å². The lowest BCUT2D eigenvalue weighted by Gasteiger charge is -2.14. The van der Waals surface area contributed by atoms with Crippen LogP contribution < -0.4 is 0 Å². The third kappa shape index (κ3) is 3.13. The Morgan fingerprint density at radius 2 is 1.70 bits per heavy atom. The Morgan fingerprint density at radius 3 is 2.25 bits per heavy atom. The summed E-state index contributed by atoms with van der Waals surface area (Å²) in [4.78, 5) is 0. The number of alkyl halides is 1. The molecule has 0 N–H and O–H groups in total. The number of hydrogen-bond acceptors (Lipinski definition) is 0. The number of halogens is 4. The summed E-state index contributed by atoms with van der Waals surface area (Å²) < 4.78 is 27.4. The van der Waals surface area contributed by atoms with Crippen molar-refractivity contribution in [3.63, 3.8) is 0 Å². The highest BCUT2D eigenvalue weighted by Crippen LogP contribution is 2.31. The summed E-state index contributed by atoms with van der Waals surface area (Å²) in [6, 6.07) is 7.91. The van der Waals surface area contributed by atoms with Crippen LogP contribution in [0.4, 0.5) is 8.78 Å². The van der Waals surface area contributed by atoms with Crippen LogP contribution in [0, 0.1) is 25.5 Å². The molecule has 20 heavy (non-hydrogen) atoms. The van der Waals surface area contributed by atoms with Crippen LogP contribution in [0.2, 0.25) is 5.02 Å². The lowest BCUT2D eigenvalue weighted by Crippen LogP contribution is -2.01. The molecule has 1 atom stereocenters. The second-order valence-electron chi connectivity index (χ2n) is 4.84. The van der Waals surface area contributed by atoms with E-state index in [2.05, 4.69) is 0 Å². The molecule has 2 aromatic carbocycles. The maximum absolute atomic E-state index is 13.7. The molecule has 0 bridgehead atoms. The highest BCUT2D eigenvalue weighted by molar-refractivity contribution is 6.31. The summed E-state index contributed by atoms with van der Waals surface area (Å²) >= 11 is 12.3. The molecule has 106 valence electrons. The van der Waals surface area contributed by atoms with Gasteiger partial charge < -0.3 is 0 Å². The number of hydrogen-bond donors (Lipinski definition) is 0. The Morgan fingerprint density at radius 1 is 1.10 bits per heavy atom. The van der Waals surface area contributed by atoms with E-state index in [0.717, 1.165) is 5.56 Å². The minimum Gasteiger partial charge on any atom is -0.207 e. The van der Waals surface area contributed by atoms with Crippen molar-refractivity contribution in [1.29, 1.82) is 0 Å². The van der Waals surface area contributed by atoms with Gasteiger partial charge in [0, 0.05) is 10.6 Å². The molecular formula is C16H14Cl2F2. The highest BCUT2D eigenvalue weighted by Gasteiger charge is 2.16. The van der Waals surface area contributed by atoms with E-state index in [4.69, 9.17) is 23.2 Å². The van der Waals surface area contributed by atoms with Crippen LogP contribution in [0.1, 0.15) is 27.6 Å². The van der Waals surface area contributed by atoms with Crippen molar-refractivity contribution >= 4 is 23.2 Å². The minimum absolute atomic E-state index is 0.235. The molecule has 0 nitrogen and oxygen atoms in total. The topological polar surface area (TPSA) is 0 Å². The molecular weight excluding hydrogens is 301 g/mol. The molecule has 0 amide bonds. The van der Waals surface area contributed by atoms with Crippen molar-refractivity contribution in [1.82, 2.24) is 0 Å². The van der Waals surface area contributed by atoms with Gasteiger partial charge in [0.25, 0.3) is 0 Å². The van der Waals surface area contributed by atoms with E-state index in [9.17, 15) is 8.78 Å².